The topological polar surface area (TPSA) is 49.0 Å². The third kappa shape index (κ3) is 4.90. The van der Waals surface area contributed by atoms with E-state index >= 15 is 0 Å². The fourth-order valence-electron chi connectivity index (χ4n) is 1.68. The summed E-state index contributed by atoms with van der Waals surface area (Å²) >= 11 is 0. The van der Waals surface area contributed by atoms with Gasteiger partial charge in [-0.05, 0) is 24.6 Å². The average molecular weight is 283 g/mol. The van der Waals surface area contributed by atoms with Crippen molar-refractivity contribution in [3.8, 4) is 17.2 Å². The quantitative estimate of drug-likeness (QED) is 0.557. The molecule has 0 fully saturated rings. The Balaban J connectivity index is 2.92. The van der Waals surface area contributed by atoms with E-state index in [2.05, 4.69) is 19.2 Å². The van der Waals surface area contributed by atoms with Gasteiger partial charge < -0.3 is 24.3 Å². The zero-order valence-electron chi connectivity index (χ0n) is 13.0. The molecule has 114 valence electrons. The van der Waals surface area contributed by atoms with Gasteiger partial charge in [-0.1, -0.05) is 13.8 Å². The van der Waals surface area contributed by atoms with Gasteiger partial charge in [-0.3, -0.25) is 0 Å². The van der Waals surface area contributed by atoms with Crippen molar-refractivity contribution < 1.29 is 18.9 Å². The molecule has 1 aromatic carbocycles. The van der Waals surface area contributed by atoms with Crippen LogP contribution >= 0.6 is 0 Å². The van der Waals surface area contributed by atoms with E-state index in [4.69, 9.17) is 18.9 Å². The van der Waals surface area contributed by atoms with E-state index in [1.807, 2.05) is 19.1 Å². The highest BCUT2D eigenvalue weighted by molar-refractivity contribution is 5.53. The maximum absolute atomic E-state index is 5.58. The SMILES string of the molecule is CCOCOc1c(OC)cc(CNC(C)C)cc1OC. The number of ether oxygens (including phenoxy) is 4. The average Bonchev–Trinajstić information content (AvgIpc) is 2.45. The summed E-state index contributed by atoms with van der Waals surface area (Å²) in [7, 11) is 3.23. The molecule has 0 unspecified atom stereocenters. The molecule has 0 aliphatic rings. The number of hydrogen-bond acceptors (Lipinski definition) is 5. The van der Waals surface area contributed by atoms with Crippen molar-refractivity contribution in [2.24, 2.45) is 0 Å². The summed E-state index contributed by atoms with van der Waals surface area (Å²) in [6, 6.07) is 4.30. The number of methoxy groups -OCH3 is 2. The molecule has 5 nitrogen and oxygen atoms in total. The molecule has 5 heteroatoms. The maximum Gasteiger partial charge on any atom is 0.206 e. The summed E-state index contributed by atoms with van der Waals surface area (Å²) in [5.41, 5.74) is 1.08. The van der Waals surface area contributed by atoms with E-state index in [1.165, 1.54) is 0 Å². The molecule has 0 saturated heterocycles. The highest BCUT2D eigenvalue weighted by Gasteiger charge is 2.14. The lowest BCUT2D eigenvalue weighted by atomic mass is 10.1. The summed E-state index contributed by atoms with van der Waals surface area (Å²) in [5, 5.41) is 3.36. The zero-order chi connectivity index (χ0) is 15.0. The van der Waals surface area contributed by atoms with Crippen molar-refractivity contribution in [1.29, 1.82) is 0 Å². The third-order valence-electron chi connectivity index (χ3n) is 2.73. The standard InChI is InChI=1S/C15H25NO4/c1-6-19-10-20-15-13(17-4)7-12(8-14(15)18-5)9-16-11(2)3/h7-8,11,16H,6,9-10H2,1-5H3. The first-order chi connectivity index (χ1) is 9.62. The van der Waals surface area contributed by atoms with Gasteiger partial charge in [0.2, 0.25) is 5.75 Å². The van der Waals surface area contributed by atoms with Gasteiger partial charge in [0.15, 0.2) is 18.3 Å². The van der Waals surface area contributed by atoms with Gasteiger partial charge in [0.1, 0.15) is 0 Å². The molecule has 0 spiro atoms. The van der Waals surface area contributed by atoms with E-state index in [0.717, 1.165) is 12.1 Å². The molecule has 0 aliphatic heterocycles. The number of benzene rings is 1. The number of rotatable bonds is 9. The lowest BCUT2D eigenvalue weighted by Crippen LogP contribution is -2.21. The summed E-state index contributed by atoms with van der Waals surface area (Å²) in [6.45, 7) is 7.64. The Labute approximate surface area is 121 Å². The van der Waals surface area contributed by atoms with Crippen LogP contribution in [-0.4, -0.2) is 33.7 Å². The van der Waals surface area contributed by atoms with E-state index in [-0.39, 0.29) is 6.79 Å². The van der Waals surface area contributed by atoms with Gasteiger partial charge in [-0.2, -0.15) is 0 Å². The van der Waals surface area contributed by atoms with Gasteiger partial charge in [-0.15, -0.1) is 0 Å². The summed E-state index contributed by atoms with van der Waals surface area (Å²) < 4.78 is 21.5. The Hall–Kier alpha value is -1.46. The molecule has 0 saturated carbocycles. The van der Waals surface area contributed by atoms with Crippen LogP contribution in [0.5, 0.6) is 17.2 Å². The maximum atomic E-state index is 5.58. The molecule has 0 atom stereocenters. The monoisotopic (exact) mass is 283 g/mol. The Kier molecular flexibility index (Phi) is 7.18. The molecule has 0 radical (unpaired) electrons. The van der Waals surface area contributed by atoms with E-state index in [0.29, 0.717) is 29.9 Å². The first-order valence-corrected chi connectivity index (χ1v) is 6.81. The van der Waals surface area contributed by atoms with Gasteiger partial charge in [0, 0.05) is 19.2 Å². The minimum absolute atomic E-state index is 0.173. The highest BCUT2D eigenvalue weighted by atomic mass is 16.7. The molecule has 0 aliphatic carbocycles. The highest BCUT2D eigenvalue weighted by Crippen LogP contribution is 2.38. The fraction of sp³-hybridized carbons (Fsp3) is 0.600. The van der Waals surface area contributed by atoms with Crippen LogP contribution in [0.3, 0.4) is 0 Å². The van der Waals surface area contributed by atoms with Gasteiger partial charge >= 0.3 is 0 Å². The van der Waals surface area contributed by atoms with Crippen molar-refractivity contribution in [2.75, 3.05) is 27.6 Å². The molecule has 0 bridgehead atoms. The predicted molar refractivity (Wildman–Crippen MR) is 78.6 cm³/mol. The molecule has 0 aromatic heterocycles. The van der Waals surface area contributed by atoms with Crippen LogP contribution in [0.25, 0.3) is 0 Å². The lowest BCUT2D eigenvalue weighted by molar-refractivity contribution is 0.0193. The van der Waals surface area contributed by atoms with Crippen LogP contribution in [0.15, 0.2) is 12.1 Å². The smallest absolute Gasteiger partial charge is 0.206 e. The van der Waals surface area contributed by atoms with E-state index in [1.54, 1.807) is 14.2 Å². The normalized spacial score (nSPS) is 10.7. The second-order valence-electron chi connectivity index (χ2n) is 4.62. The molecule has 0 heterocycles. The first kappa shape index (κ1) is 16.6. The van der Waals surface area contributed by atoms with Crippen LogP contribution in [0.1, 0.15) is 26.3 Å². The van der Waals surface area contributed by atoms with Crippen LogP contribution in [0.2, 0.25) is 0 Å². The van der Waals surface area contributed by atoms with Crippen molar-refractivity contribution in [3.63, 3.8) is 0 Å². The predicted octanol–water partition coefficient (Wildman–Crippen LogP) is 2.57. The minimum Gasteiger partial charge on any atom is -0.493 e. The minimum atomic E-state index is 0.173. The van der Waals surface area contributed by atoms with Crippen LogP contribution in [0.4, 0.5) is 0 Å². The summed E-state index contributed by atoms with van der Waals surface area (Å²) in [4.78, 5) is 0. The fourth-order valence-corrected chi connectivity index (χ4v) is 1.68. The Morgan fingerprint density at radius 2 is 1.70 bits per heavy atom. The van der Waals surface area contributed by atoms with Gasteiger partial charge in [-0.25, -0.2) is 0 Å². The third-order valence-corrected chi connectivity index (χ3v) is 2.73. The van der Waals surface area contributed by atoms with Crippen molar-refractivity contribution in [2.45, 2.75) is 33.4 Å². The van der Waals surface area contributed by atoms with Crippen molar-refractivity contribution in [3.05, 3.63) is 17.7 Å². The second-order valence-corrected chi connectivity index (χ2v) is 4.62. The zero-order valence-corrected chi connectivity index (χ0v) is 13.0. The first-order valence-electron chi connectivity index (χ1n) is 6.81. The van der Waals surface area contributed by atoms with E-state index in [9.17, 15) is 0 Å². The van der Waals surface area contributed by atoms with Crippen molar-refractivity contribution in [1.82, 2.24) is 5.32 Å². The molecular weight excluding hydrogens is 258 g/mol. The molecule has 1 rings (SSSR count). The molecule has 1 aromatic rings. The largest absolute Gasteiger partial charge is 0.493 e. The van der Waals surface area contributed by atoms with E-state index < -0.39 is 0 Å². The molecule has 0 amide bonds. The second kappa shape index (κ2) is 8.66. The summed E-state index contributed by atoms with van der Waals surface area (Å²) in [6.07, 6.45) is 0. The Bertz CT molecular complexity index is 382. The van der Waals surface area contributed by atoms with Gasteiger partial charge in [0.25, 0.3) is 0 Å². The van der Waals surface area contributed by atoms with Crippen molar-refractivity contribution >= 4 is 0 Å². The molecule has 1 N–H and O–H groups in total. The summed E-state index contributed by atoms with van der Waals surface area (Å²) in [5.74, 6) is 1.85. The Morgan fingerprint density at radius 3 is 2.15 bits per heavy atom. The molecule has 20 heavy (non-hydrogen) atoms. The van der Waals surface area contributed by atoms with Gasteiger partial charge in [0.05, 0.1) is 14.2 Å². The number of nitrogens with one attached hydrogen (secondary N) is 1. The Morgan fingerprint density at radius 1 is 1.10 bits per heavy atom. The van der Waals surface area contributed by atoms with Crippen LogP contribution in [0, 0.1) is 0 Å². The van der Waals surface area contributed by atoms with Crippen LogP contribution < -0.4 is 19.5 Å². The van der Waals surface area contributed by atoms with Crippen LogP contribution in [-0.2, 0) is 11.3 Å². The molecular formula is C15H25NO4. The lowest BCUT2D eigenvalue weighted by Gasteiger charge is -2.16. The number of hydrogen-bond donors (Lipinski definition) is 1.